The Morgan fingerprint density at radius 1 is 1.28 bits per heavy atom. The molecule has 0 amide bonds. The Morgan fingerprint density at radius 2 is 2.22 bits per heavy atom. The van der Waals surface area contributed by atoms with Crippen molar-refractivity contribution < 1.29 is 0 Å². The van der Waals surface area contributed by atoms with Gasteiger partial charge in [-0.1, -0.05) is 24.1 Å². The van der Waals surface area contributed by atoms with Gasteiger partial charge >= 0.3 is 0 Å². The Bertz CT molecular complexity index is 410. The first kappa shape index (κ1) is 12.4. The number of hydrogen-bond acceptors (Lipinski definition) is 3. The van der Waals surface area contributed by atoms with Crippen molar-refractivity contribution in [1.29, 1.82) is 0 Å². The maximum atomic E-state index is 6.13. The van der Waals surface area contributed by atoms with Crippen LogP contribution < -0.4 is 0 Å². The lowest BCUT2D eigenvalue weighted by Gasteiger charge is -2.44. The van der Waals surface area contributed by atoms with E-state index in [1.54, 1.807) is 6.20 Å². The molecule has 2 aliphatic rings. The van der Waals surface area contributed by atoms with Crippen LogP contribution in [0.15, 0.2) is 18.3 Å². The number of piperazine rings is 1. The molecule has 0 radical (unpaired) electrons. The second-order valence-electron chi connectivity index (χ2n) is 5.37. The molecule has 0 spiro atoms. The lowest BCUT2D eigenvalue weighted by Crippen LogP contribution is -2.54. The zero-order valence-corrected chi connectivity index (χ0v) is 11.4. The van der Waals surface area contributed by atoms with Crippen LogP contribution in [0.2, 0.25) is 5.15 Å². The molecule has 1 aromatic heterocycles. The third-order valence-electron chi connectivity index (χ3n) is 4.15. The van der Waals surface area contributed by atoms with E-state index < -0.39 is 0 Å². The summed E-state index contributed by atoms with van der Waals surface area (Å²) in [6.45, 7) is 5.79. The van der Waals surface area contributed by atoms with Crippen molar-refractivity contribution in [1.82, 2.24) is 14.8 Å². The molecule has 4 heteroatoms. The van der Waals surface area contributed by atoms with Crippen LogP contribution in [-0.2, 0) is 6.54 Å². The number of nitrogens with zero attached hydrogens (tertiary/aromatic N) is 3. The molecule has 3 nitrogen and oxygen atoms in total. The minimum absolute atomic E-state index is 0.656. The van der Waals surface area contributed by atoms with Gasteiger partial charge in [-0.2, -0.15) is 0 Å². The second-order valence-corrected chi connectivity index (χ2v) is 5.73. The van der Waals surface area contributed by atoms with Gasteiger partial charge in [0, 0.05) is 44.0 Å². The lowest BCUT2D eigenvalue weighted by molar-refractivity contribution is 0.0456. The van der Waals surface area contributed by atoms with Crippen molar-refractivity contribution in [2.75, 3.05) is 26.2 Å². The van der Waals surface area contributed by atoms with Gasteiger partial charge in [0.1, 0.15) is 5.15 Å². The highest BCUT2D eigenvalue weighted by Crippen LogP contribution is 2.23. The highest BCUT2D eigenvalue weighted by atomic mass is 35.5. The molecule has 1 unspecified atom stereocenters. The maximum absolute atomic E-state index is 6.13. The minimum Gasteiger partial charge on any atom is -0.298 e. The number of pyridine rings is 1. The zero-order valence-electron chi connectivity index (χ0n) is 10.7. The van der Waals surface area contributed by atoms with Gasteiger partial charge in [-0.15, -0.1) is 0 Å². The second kappa shape index (κ2) is 5.55. The predicted octanol–water partition coefficient (Wildman–Crippen LogP) is 2.41. The minimum atomic E-state index is 0.656. The molecule has 0 saturated carbocycles. The first-order valence-electron chi connectivity index (χ1n) is 6.89. The van der Waals surface area contributed by atoms with Crippen LogP contribution in [0, 0.1) is 0 Å². The number of halogens is 1. The van der Waals surface area contributed by atoms with E-state index in [-0.39, 0.29) is 0 Å². The summed E-state index contributed by atoms with van der Waals surface area (Å²) < 4.78 is 0. The van der Waals surface area contributed by atoms with E-state index in [1.165, 1.54) is 38.9 Å². The van der Waals surface area contributed by atoms with Crippen LogP contribution in [0.4, 0.5) is 0 Å². The summed E-state index contributed by atoms with van der Waals surface area (Å²) in [6.07, 6.45) is 5.88. The summed E-state index contributed by atoms with van der Waals surface area (Å²) in [6, 6.07) is 4.82. The largest absolute Gasteiger partial charge is 0.298 e. The molecule has 18 heavy (non-hydrogen) atoms. The van der Waals surface area contributed by atoms with Crippen LogP contribution in [0.1, 0.15) is 24.8 Å². The number of rotatable bonds is 2. The van der Waals surface area contributed by atoms with Crippen LogP contribution >= 0.6 is 11.6 Å². The lowest BCUT2D eigenvalue weighted by atomic mass is 9.99. The fourth-order valence-corrected chi connectivity index (χ4v) is 3.32. The average Bonchev–Trinajstić information content (AvgIpc) is 2.41. The molecule has 3 heterocycles. The molecule has 0 N–H and O–H groups in total. The third kappa shape index (κ3) is 2.68. The molecule has 3 rings (SSSR count). The van der Waals surface area contributed by atoms with Crippen molar-refractivity contribution in [2.45, 2.75) is 31.8 Å². The predicted molar refractivity (Wildman–Crippen MR) is 73.7 cm³/mol. The van der Waals surface area contributed by atoms with Crippen LogP contribution in [0.5, 0.6) is 0 Å². The van der Waals surface area contributed by atoms with Crippen LogP contribution in [-0.4, -0.2) is 47.0 Å². The van der Waals surface area contributed by atoms with Gasteiger partial charge in [-0.25, -0.2) is 4.98 Å². The average molecular weight is 266 g/mol. The van der Waals surface area contributed by atoms with Gasteiger partial charge in [-0.05, 0) is 25.5 Å². The Labute approximate surface area is 114 Å². The fraction of sp³-hybridized carbons (Fsp3) is 0.643. The molecule has 0 bridgehead atoms. The molecular formula is C14H20ClN3. The van der Waals surface area contributed by atoms with Crippen LogP contribution in [0.25, 0.3) is 0 Å². The number of aromatic nitrogens is 1. The Balaban J connectivity index is 1.63. The van der Waals surface area contributed by atoms with E-state index in [9.17, 15) is 0 Å². The highest BCUT2D eigenvalue weighted by Gasteiger charge is 2.28. The number of hydrogen-bond donors (Lipinski definition) is 0. The molecule has 1 atom stereocenters. The summed E-state index contributed by atoms with van der Waals surface area (Å²) in [5, 5.41) is 0.656. The van der Waals surface area contributed by atoms with Crippen molar-refractivity contribution in [3.05, 3.63) is 29.0 Å². The standard InChI is InChI=1S/C14H20ClN3/c15-14-12(4-3-6-16-14)10-17-8-9-18-7-2-1-5-13(18)11-17/h3-4,6,13H,1-2,5,7-11H2. The summed E-state index contributed by atoms with van der Waals surface area (Å²) in [7, 11) is 0. The van der Waals surface area contributed by atoms with Gasteiger partial charge in [0.2, 0.25) is 0 Å². The molecule has 0 aromatic carbocycles. The first-order valence-corrected chi connectivity index (χ1v) is 7.26. The normalized spacial score (nSPS) is 25.9. The quantitative estimate of drug-likeness (QED) is 0.766. The Hall–Kier alpha value is -0.640. The summed E-state index contributed by atoms with van der Waals surface area (Å²) in [5.41, 5.74) is 1.16. The molecule has 1 aromatic rings. The van der Waals surface area contributed by atoms with E-state index >= 15 is 0 Å². The maximum Gasteiger partial charge on any atom is 0.133 e. The molecule has 2 fully saturated rings. The monoisotopic (exact) mass is 265 g/mol. The van der Waals surface area contributed by atoms with Gasteiger partial charge in [-0.3, -0.25) is 9.80 Å². The van der Waals surface area contributed by atoms with Crippen molar-refractivity contribution >= 4 is 11.6 Å². The van der Waals surface area contributed by atoms with Crippen molar-refractivity contribution in [2.24, 2.45) is 0 Å². The molecule has 98 valence electrons. The van der Waals surface area contributed by atoms with Gasteiger partial charge in [0.05, 0.1) is 0 Å². The molecular weight excluding hydrogens is 246 g/mol. The smallest absolute Gasteiger partial charge is 0.133 e. The molecule has 2 saturated heterocycles. The van der Waals surface area contributed by atoms with Crippen molar-refractivity contribution in [3.63, 3.8) is 0 Å². The van der Waals surface area contributed by atoms with Gasteiger partial charge in [0.25, 0.3) is 0 Å². The fourth-order valence-electron chi connectivity index (χ4n) is 3.14. The zero-order chi connectivity index (χ0) is 12.4. The molecule has 2 aliphatic heterocycles. The first-order chi connectivity index (χ1) is 8.83. The summed E-state index contributed by atoms with van der Waals surface area (Å²) in [4.78, 5) is 9.34. The van der Waals surface area contributed by atoms with Crippen LogP contribution in [0.3, 0.4) is 0 Å². The van der Waals surface area contributed by atoms with E-state index in [2.05, 4.69) is 20.9 Å². The van der Waals surface area contributed by atoms with E-state index in [0.717, 1.165) is 24.7 Å². The summed E-state index contributed by atoms with van der Waals surface area (Å²) in [5.74, 6) is 0. The number of fused-ring (bicyclic) bond motifs is 1. The van der Waals surface area contributed by atoms with E-state index in [1.807, 2.05) is 6.07 Å². The SMILES string of the molecule is Clc1ncccc1CN1CCN2CCCCC2C1. The Morgan fingerprint density at radius 3 is 3.11 bits per heavy atom. The summed E-state index contributed by atoms with van der Waals surface area (Å²) >= 11 is 6.13. The molecule has 0 aliphatic carbocycles. The third-order valence-corrected chi connectivity index (χ3v) is 4.49. The van der Waals surface area contributed by atoms with Gasteiger partial charge < -0.3 is 0 Å². The highest BCUT2D eigenvalue weighted by molar-refractivity contribution is 6.30. The van der Waals surface area contributed by atoms with Gasteiger partial charge in [0.15, 0.2) is 0 Å². The van der Waals surface area contributed by atoms with Crippen molar-refractivity contribution in [3.8, 4) is 0 Å². The Kier molecular flexibility index (Phi) is 3.83. The topological polar surface area (TPSA) is 19.4 Å². The van der Waals surface area contributed by atoms with E-state index in [0.29, 0.717) is 5.15 Å². The number of piperidine rings is 1. The van der Waals surface area contributed by atoms with E-state index in [4.69, 9.17) is 11.6 Å².